The zero-order valence-corrected chi connectivity index (χ0v) is 9.80. The van der Waals surface area contributed by atoms with Crippen LogP contribution in [-0.4, -0.2) is 32.1 Å². The number of hydrogen-bond acceptors (Lipinski definition) is 5. The molecule has 6 nitrogen and oxygen atoms in total. The summed E-state index contributed by atoms with van der Waals surface area (Å²) in [6.07, 6.45) is 0. The van der Waals surface area contributed by atoms with Crippen molar-refractivity contribution in [1.29, 1.82) is 5.26 Å². The van der Waals surface area contributed by atoms with E-state index in [-0.39, 0.29) is 11.3 Å². The van der Waals surface area contributed by atoms with Crippen molar-refractivity contribution < 1.29 is 4.92 Å². The third kappa shape index (κ3) is 3.16. The fourth-order valence-electron chi connectivity index (χ4n) is 1.41. The van der Waals surface area contributed by atoms with E-state index in [9.17, 15) is 10.1 Å². The Morgan fingerprint density at radius 3 is 2.82 bits per heavy atom. The molecule has 1 aromatic carbocycles. The van der Waals surface area contributed by atoms with Gasteiger partial charge in [-0.05, 0) is 19.2 Å². The first kappa shape index (κ1) is 12.9. The Morgan fingerprint density at radius 2 is 2.29 bits per heavy atom. The van der Waals surface area contributed by atoms with Crippen LogP contribution in [0.3, 0.4) is 0 Å². The van der Waals surface area contributed by atoms with Crippen molar-refractivity contribution in [2.24, 2.45) is 0 Å². The summed E-state index contributed by atoms with van der Waals surface area (Å²) in [4.78, 5) is 12.2. The predicted octanol–water partition coefficient (Wildman–Crippen LogP) is 1.12. The highest BCUT2D eigenvalue weighted by molar-refractivity contribution is 5.60. The molecule has 0 aromatic heterocycles. The maximum atomic E-state index is 10.8. The molecule has 0 atom stereocenters. The van der Waals surface area contributed by atoms with Crippen LogP contribution >= 0.6 is 0 Å². The monoisotopic (exact) mass is 234 g/mol. The first-order valence-corrected chi connectivity index (χ1v) is 5.14. The van der Waals surface area contributed by atoms with Gasteiger partial charge in [0.25, 0.3) is 5.69 Å². The van der Waals surface area contributed by atoms with Crippen molar-refractivity contribution in [3.63, 3.8) is 0 Å². The summed E-state index contributed by atoms with van der Waals surface area (Å²) >= 11 is 0. The molecule has 6 heteroatoms. The van der Waals surface area contributed by atoms with Gasteiger partial charge in [0.2, 0.25) is 0 Å². The number of hydrogen-bond donors (Lipinski definition) is 1. The van der Waals surface area contributed by atoms with Gasteiger partial charge in [-0.25, -0.2) is 0 Å². The second-order valence-corrected chi connectivity index (χ2v) is 3.60. The number of rotatable bonds is 5. The van der Waals surface area contributed by atoms with Crippen molar-refractivity contribution in [1.82, 2.24) is 5.32 Å². The number of benzene rings is 1. The average Bonchev–Trinajstić information content (AvgIpc) is 2.34. The first-order chi connectivity index (χ1) is 8.10. The highest BCUT2D eigenvalue weighted by Crippen LogP contribution is 2.24. The predicted molar refractivity (Wildman–Crippen MR) is 65.0 cm³/mol. The average molecular weight is 234 g/mol. The molecule has 0 aliphatic carbocycles. The van der Waals surface area contributed by atoms with Gasteiger partial charge in [-0.3, -0.25) is 10.1 Å². The van der Waals surface area contributed by atoms with E-state index in [0.29, 0.717) is 0 Å². The van der Waals surface area contributed by atoms with Gasteiger partial charge in [-0.1, -0.05) is 0 Å². The molecule has 0 radical (unpaired) electrons. The second kappa shape index (κ2) is 5.82. The molecule has 0 saturated carbocycles. The van der Waals surface area contributed by atoms with E-state index in [1.54, 1.807) is 6.07 Å². The zero-order chi connectivity index (χ0) is 12.8. The smallest absolute Gasteiger partial charge is 0.289 e. The van der Waals surface area contributed by atoms with Crippen LogP contribution in [0.15, 0.2) is 18.2 Å². The lowest BCUT2D eigenvalue weighted by Crippen LogP contribution is -2.27. The van der Waals surface area contributed by atoms with Gasteiger partial charge in [0.15, 0.2) is 0 Å². The molecule has 0 fully saturated rings. The molecule has 0 amide bonds. The van der Waals surface area contributed by atoms with E-state index >= 15 is 0 Å². The van der Waals surface area contributed by atoms with E-state index in [4.69, 9.17) is 5.26 Å². The fraction of sp³-hybridized carbons (Fsp3) is 0.364. The Balaban J connectivity index is 3.00. The summed E-state index contributed by atoms with van der Waals surface area (Å²) in [6, 6.07) is 6.42. The highest BCUT2D eigenvalue weighted by atomic mass is 16.6. The quantitative estimate of drug-likeness (QED) is 0.609. The lowest BCUT2D eigenvalue weighted by atomic mass is 10.1. The van der Waals surface area contributed by atoms with Crippen molar-refractivity contribution >= 4 is 11.4 Å². The minimum Gasteiger partial charge on any atom is -0.373 e. The molecule has 1 aromatic rings. The van der Waals surface area contributed by atoms with Gasteiger partial charge >= 0.3 is 0 Å². The maximum absolute atomic E-state index is 10.8. The summed E-state index contributed by atoms with van der Waals surface area (Å²) < 4.78 is 0. The minimum absolute atomic E-state index is 0.0840. The summed E-state index contributed by atoms with van der Waals surface area (Å²) in [5.74, 6) is 0. The van der Waals surface area contributed by atoms with E-state index in [2.05, 4.69) is 5.32 Å². The summed E-state index contributed by atoms with van der Waals surface area (Å²) in [5.41, 5.74) is 0.660. The molecular formula is C11H14N4O2. The van der Waals surface area contributed by atoms with Crippen LogP contribution in [0, 0.1) is 21.4 Å². The maximum Gasteiger partial charge on any atom is 0.289 e. The van der Waals surface area contributed by atoms with Crippen molar-refractivity contribution in [3.05, 3.63) is 33.9 Å². The largest absolute Gasteiger partial charge is 0.373 e. The molecule has 0 aliphatic rings. The van der Waals surface area contributed by atoms with E-state index < -0.39 is 4.92 Å². The molecule has 1 N–H and O–H groups in total. The number of nitrogens with one attached hydrogen (secondary N) is 1. The normalized spacial score (nSPS) is 9.71. The van der Waals surface area contributed by atoms with Crippen LogP contribution in [0.1, 0.15) is 5.56 Å². The summed E-state index contributed by atoms with van der Waals surface area (Å²) in [6.45, 7) is 1.52. The van der Waals surface area contributed by atoms with Crippen LogP contribution in [0.5, 0.6) is 0 Å². The van der Waals surface area contributed by atoms with Gasteiger partial charge in [-0.2, -0.15) is 5.26 Å². The number of anilines is 1. The van der Waals surface area contributed by atoms with Gasteiger partial charge in [0, 0.05) is 31.9 Å². The first-order valence-electron chi connectivity index (χ1n) is 5.14. The number of nitro benzene ring substituents is 1. The van der Waals surface area contributed by atoms with Gasteiger partial charge in [0.1, 0.15) is 11.6 Å². The molecule has 0 heterocycles. The van der Waals surface area contributed by atoms with Crippen LogP contribution in [-0.2, 0) is 0 Å². The Hall–Kier alpha value is -2.13. The Kier molecular flexibility index (Phi) is 4.43. The Labute approximate surface area is 99.6 Å². The zero-order valence-electron chi connectivity index (χ0n) is 9.80. The minimum atomic E-state index is -0.534. The Morgan fingerprint density at radius 1 is 1.59 bits per heavy atom. The van der Waals surface area contributed by atoms with E-state index in [1.165, 1.54) is 12.1 Å². The molecular weight excluding hydrogens is 220 g/mol. The van der Waals surface area contributed by atoms with Crippen LogP contribution in [0.25, 0.3) is 0 Å². The molecule has 0 saturated heterocycles. The number of nitro groups is 1. The summed E-state index contributed by atoms with van der Waals surface area (Å²) in [5, 5.41) is 22.6. The second-order valence-electron chi connectivity index (χ2n) is 3.60. The summed E-state index contributed by atoms with van der Waals surface area (Å²) in [7, 11) is 3.69. The van der Waals surface area contributed by atoms with Crippen LogP contribution in [0.2, 0.25) is 0 Å². The standard InChI is InChI=1S/C11H14N4O2/c1-13-5-6-14(2)10-4-3-9(8-12)11(7-10)15(16)17/h3-4,7,13H,5-6H2,1-2H3. The molecule has 1 rings (SSSR count). The Bertz CT molecular complexity index is 453. The van der Waals surface area contributed by atoms with Crippen molar-refractivity contribution in [2.75, 3.05) is 32.1 Å². The fourth-order valence-corrected chi connectivity index (χ4v) is 1.41. The molecule has 0 aliphatic heterocycles. The highest BCUT2D eigenvalue weighted by Gasteiger charge is 2.15. The lowest BCUT2D eigenvalue weighted by molar-refractivity contribution is -0.385. The van der Waals surface area contributed by atoms with Crippen LogP contribution in [0.4, 0.5) is 11.4 Å². The van der Waals surface area contributed by atoms with E-state index in [0.717, 1.165) is 18.8 Å². The number of likely N-dealkylation sites (N-methyl/N-ethyl adjacent to an activating group) is 2. The number of nitriles is 1. The number of nitrogens with zero attached hydrogens (tertiary/aromatic N) is 3. The molecule has 90 valence electrons. The van der Waals surface area contributed by atoms with Crippen molar-refractivity contribution in [3.8, 4) is 6.07 Å². The van der Waals surface area contributed by atoms with Gasteiger partial charge < -0.3 is 10.2 Å². The SMILES string of the molecule is CNCCN(C)c1ccc(C#N)c([N+](=O)[O-])c1. The molecule has 0 unspecified atom stereocenters. The topological polar surface area (TPSA) is 82.2 Å². The lowest BCUT2D eigenvalue weighted by Gasteiger charge is -2.18. The van der Waals surface area contributed by atoms with Gasteiger partial charge in [-0.15, -0.1) is 0 Å². The van der Waals surface area contributed by atoms with Crippen molar-refractivity contribution in [2.45, 2.75) is 0 Å². The molecule has 0 bridgehead atoms. The van der Waals surface area contributed by atoms with Crippen LogP contribution < -0.4 is 10.2 Å². The molecule has 0 spiro atoms. The molecule has 17 heavy (non-hydrogen) atoms. The van der Waals surface area contributed by atoms with E-state index in [1.807, 2.05) is 25.1 Å². The van der Waals surface area contributed by atoms with Gasteiger partial charge in [0.05, 0.1) is 4.92 Å². The third-order valence-electron chi connectivity index (χ3n) is 2.44. The third-order valence-corrected chi connectivity index (χ3v) is 2.44.